The van der Waals surface area contributed by atoms with Crippen LogP contribution in [0.2, 0.25) is 0 Å². The molecule has 2 aromatic rings. The van der Waals surface area contributed by atoms with E-state index in [1.165, 1.54) is 19.3 Å². The van der Waals surface area contributed by atoms with Crippen LogP contribution in [0.15, 0.2) is 11.4 Å². The second kappa shape index (κ2) is 5.71. The molecule has 3 rings (SSSR count). The predicted molar refractivity (Wildman–Crippen MR) is 80.6 cm³/mol. The van der Waals surface area contributed by atoms with Crippen molar-refractivity contribution in [1.29, 1.82) is 0 Å². The summed E-state index contributed by atoms with van der Waals surface area (Å²) < 4.78 is 0. The zero-order chi connectivity index (χ0) is 13.1. The Hall–Kier alpha value is -1.40. The lowest BCUT2D eigenvalue weighted by Crippen LogP contribution is -2.35. The van der Waals surface area contributed by atoms with Gasteiger partial charge in [-0.2, -0.15) is 4.98 Å². The van der Waals surface area contributed by atoms with Crippen LogP contribution in [0.1, 0.15) is 26.2 Å². The molecule has 0 bridgehead atoms. The lowest BCUT2D eigenvalue weighted by molar-refractivity contribution is 0.272. The van der Waals surface area contributed by atoms with Gasteiger partial charge in [0.25, 0.3) is 0 Å². The number of fused-ring (bicyclic) bond motifs is 1. The number of aromatic nitrogens is 2. The summed E-state index contributed by atoms with van der Waals surface area (Å²) in [4.78, 5) is 10.1. The van der Waals surface area contributed by atoms with E-state index in [-0.39, 0.29) is 0 Å². The summed E-state index contributed by atoms with van der Waals surface area (Å²) in [5, 5.41) is 8.63. The Morgan fingerprint density at radius 1 is 1.26 bits per heavy atom. The van der Waals surface area contributed by atoms with Crippen molar-refractivity contribution in [3.63, 3.8) is 0 Å². The van der Waals surface area contributed by atoms with Gasteiger partial charge < -0.3 is 10.7 Å². The van der Waals surface area contributed by atoms with E-state index in [0.717, 1.165) is 35.7 Å². The molecule has 1 fully saturated rings. The fraction of sp³-hybridized carbons (Fsp3) is 0.538. The van der Waals surface area contributed by atoms with Crippen LogP contribution in [0.3, 0.4) is 0 Å². The maximum Gasteiger partial charge on any atom is 0.226 e. The molecule has 0 unspecified atom stereocenters. The summed E-state index contributed by atoms with van der Waals surface area (Å²) >= 11 is 1.65. The van der Waals surface area contributed by atoms with Gasteiger partial charge in [0.1, 0.15) is 4.83 Å². The van der Waals surface area contributed by atoms with Crippen molar-refractivity contribution >= 4 is 33.3 Å². The van der Waals surface area contributed by atoms with Crippen molar-refractivity contribution in [2.24, 2.45) is 0 Å². The minimum atomic E-state index is 0.706. The van der Waals surface area contributed by atoms with Crippen LogP contribution in [0.4, 0.5) is 11.8 Å². The fourth-order valence-electron chi connectivity index (χ4n) is 2.33. The average Bonchev–Trinajstić information content (AvgIpc) is 2.89. The van der Waals surface area contributed by atoms with Gasteiger partial charge in [-0.1, -0.05) is 6.42 Å². The van der Waals surface area contributed by atoms with Crippen molar-refractivity contribution in [3.8, 4) is 0 Å². The predicted octanol–water partition coefficient (Wildman–Crippen LogP) is 2.94. The highest BCUT2D eigenvalue weighted by Crippen LogP contribution is 2.27. The summed E-state index contributed by atoms with van der Waals surface area (Å²) in [6, 6.07) is 2.09. The lowest BCUT2D eigenvalue weighted by Gasteiger charge is -2.27. The van der Waals surface area contributed by atoms with Crippen LogP contribution >= 0.6 is 11.3 Å². The Labute approximate surface area is 117 Å². The van der Waals surface area contributed by atoms with E-state index >= 15 is 0 Å². The van der Waals surface area contributed by atoms with Crippen molar-refractivity contribution in [3.05, 3.63) is 11.4 Å². The number of piperidine rings is 1. The monoisotopic (exact) mass is 277 g/mol. The molecule has 6 heteroatoms. The van der Waals surface area contributed by atoms with Gasteiger partial charge in [0.15, 0.2) is 5.82 Å². The van der Waals surface area contributed by atoms with Crippen LogP contribution in [-0.4, -0.2) is 34.6 Å². The Morgan fingerprint density at radius 3 is 2.89 bits per heavy atom. The molecule has 5 nitrogen and oxygen atoms in total. The van der Waals surface area contributed by atoms with E-state index in [1.807, 2.05) is 0 Å². The molecule has 0 spiro atoms. The molecule has 0 radical (unpaired) electrons. The molecule has 1 saturated heterocycles. The summed E-state index contributed by atoms with van der Waals surface area (Å²) in [6.45, 7) is 5.07. The zero-order valence-electron chi connectivity index (χ0n) is 11.1. The smallest absolute Gasteiger partial charge is 0.226 e. The van der Waals surface area contributed by atoms with Gasteiger partial charge in [-0.3, -0.25) is 0 Å². The van der Waals surface area contributed by atoms with Gasteiger partial charge >= 0.3 is 0 Å². The zero-order valence-corrected chi connectivity index (χ0v) is 12.0. The molecule has 0 amide bonds. The van der Waals surface area contributed by atoms with E-state index in [0.29, 0.717) is 5.95 Å². The fourth-order valence-corrected chi connectivity index (χ4v) is 3.10. The highest BCUT2D eigenvalue weighted by Gasteiger charge is 2.14. The maximum absolute atomic E-state index is 4.59. The Morgan fingerprint density at radius 2 is 2.11 bits per heavy atom. The molecular formula is C13H19N5S. The Balaban J connectivity index is 1.88. The van der Waals surface area contributed by atoms with Crippen LogP contribution in [0.5, 0.6) is 0 Å². The lowest BCUT2D eigenvalue weighted by atomic mass is 10.2. The summed E-state index contributed by atoms with van der Waals surface area (Å²) in [7, 11) is 0. The SMILES string of the molecule is CCNc1nc(NN2CCCCC2)c2ccsc2n1. The van der Waals surface area contributed by atoms with Crippen LogP contribution in [-0.2, 0) is 0 Å². The molecule has 2 N–H and O–H groups in total. The topological polar surface area (TPSA) is 53.1 Å². The van der Waals surface area contributed by atoms with E-state index in [9.17, 15) is 0 Å². The summed E-state index contributed by atoms with van der Waals surface area (Å²) in [5.74, 6) is 1.63. The minimum Gasteiger partial charge on any atom is -0.354 e. The van der Waals surface area contributed by atoms with E-state index < -0.39 is 0 Å². The third-order valence-corrected chi connectivity index (χ3v) is 4.09. The van der Waals surface area contributed by atoms with Crippen molar-refractivity contribution in [1.82, 2.24) is 15.0 Å². The van der Waals surface area contributed by atoms with Crippen molar-refractivity contribution in [2.45, 2.75) is 26.2 Å². The molecule has 102 valence electrons. The molecule has 19 heavy (non-hydrogen) atoms. The first-order chi connectivity index (χ1) is 9.36. The first-order valence-corrected chi connectivity index (χ1v) is 7.75. The highest BCUT2D eigenvalue weighted by atomic mass is 32.1. The molecule has 0 aliphatic carbocycles. The van der Waals surface area contributed by atoms with E-state index in [2.05, 4.69) is 44.1 Å². The number of thiophene rings is 1. The first kappa shape index (κ1) is 12.6. The number of nitrogens with one attached hydrogen (secondary N) is 2. The quantitative estimate of drug-likeness (QED) is 0.900. The molecule has 0 atom stereocenters. The van der Waals surface area contributed by atoms with E-state index in [4.69, 9.17) is 0 Å². The normalized spacial score (nSPS) is 16.7. The molecule has 0 aromatic carbocycles. The third-order valence-electron chi connectivity index (χ3n) is 3.28. The second-order valence-corrected chi connectivity index (χ2v) is 5.62. The highest BCUT2D eigenvalue weighted by molar-refractivity contribution is 7.16. The van der Waals surface area contributed by atoms with Gasteiger partial charge in [-0.15, -0.1) is 11.3 Å². The number of hydrogen-bond donors (Lipinski definition) is 2. The molecule has 1 aliphatic rings. The molecule has 3 heterocycles. The molecule has 0 saturated carbocycles. The Kier molecular flexibility index (Phi) is 3.79. The van der Waals surface area contributed by atoms with Crippen LogP contribution < -0.4 is 10.7 Å². The van der Waals surface area contributed by atoms with Gasteiger partial charge in [0.05, 0.1) is 5.39 Å². The average molecular weight is 277 g/mol. The molecule has 2 aromatic heterocycles. The number of hydrogen-bond acceptors (Lipinski definition) is 6. The largest absolute Gasteiger partial charge is 0.354 e. The maximum atomic E-state index is 4.59. The molecule has 1 aliphatic heterocycles. The van der Waals surface area contributed by atoms with Gasteiger partial charge in [-0.25, -0.2) is 9.99 Å². The van der Waals surface area contributed by atoms with Gasteiger partial charge in [0.2, 0.25) is 5.95 Å². The van der Waals surface area contributed by atoms with E-state index in [1.54, 1.807) is 11.3 Å². The number of anilines is 2. The number of rotatable bonds is 4. The van der Waals surface area contributed by atoms with Gasteiger partial charge in [0, 0.05) is 19.6 Å². The number of hydrazine groups is 1. The Bertz CT molecular complexity index is 547. The summed E-state index contributed by atoms with van der Waals surface area (Å²) in [6.07, 6.45) is 3.84. The van der Waals surface area contributed by atoms with Gasteiger partial charge in [-0.05, 0) is 31.2 Å². The third kappa shape index (κ3) is 2.79. The minimum absolute atomic E-state index is 0.706. The standard InChI is InChI=1S/C13H19N5S/c1-2-14-13-15-11(10-6-9-19-12(10)16-13)17-18-7-4-3-5-8-18/h6,9H,2-5,7-8H2,1H3,(H2,14,15,16,17). The van der Waals surface area contributed by atoms with Crippen molar-refractivity contribution in [2.75, 3.05) is 30.4 Å². The second-order valence-electron chi connectivity index (χ2n) is 4.73. The summed E-state index contributed by atoms with van der Waals surface area (Å²) in [5.41, 5.74) is 3.46. The number of nitrogens with zero attached hydrogens (tertiary/aromatic N) is 3. The first-order valence-electron chi connectivity index (χ1n) is 6.87. The van der Waals surface area contributed by atoms with Crippen LogP contribution in [0, 0.1) is 0 Å². The van der Waals surface area contributed by atoms with Crippen molar-refractivity contribution < 1.29 is 0 Å². The molecular weight excluding hydrogens is 258 g/mol. The van der Waals surface area contributed by atoms with Crippen LogP contribution in [0.25, 0.3) is 10.2 Å².